The number of carbonyl (C=O) groups excluding carboxylic acids is 3. The van der Waals surface area contributed by atoms with Crippen molar-refractivity contribution in [2.45, 2.75) is 85.5 Å². The molecule has 1 amide bonds. The molecule has 1 fully saturated rings. The summed E-state index contributed by atoms with van der Waals surface area (Å²) >= 11 is 0. The first kappa shape index (κ1) is 28.1. The van der Waals surface area contributed by atoms with Crippen molar-refractivity contribution in [1.29, 1.82) is 0 Å². The second-order valence-corrected chi connectivity index (χ2v) is 13.3. The summed E-state index contributed by atoms with van der Waals surface area (Å²) in [6.07, 6.45) is 7.36. The third-order valence-corrected chi connectivity index (χ3v) is 8.61. The van der Waals surface area contributed by atoms with Crippen molar-refractivity contribution >= 4 is 28.9 Å². The van der Waals surface area contributed by atoms with Crippen molar-refractivity contribution in [2.24, 2.45) is 16.4 Å². The van der Waals surface area contributed by atoms with Gasteiger partial charge in [0.1, 0.15) is 11.5 Å². The zero-order valence-electron chi connectivity index (χ0n) is 24.6. The third-order valence-electron chi connectivity index (χ3n) is 8.61. The number of ketones is 2. The molecule has 0 spiro atoms. The molecule has 0 bridgehead atoms. The van der Waals surface area contributed by atoms with Gasteiger partial charge in [0.25, 0.3) is 5.91 Å². The fourth-order valence-electron chi connectivity index (χ4n) is 6.53. The number of hydrogen-bond acceptors (Lipinski definition) is 6. The number of rotatable bonds is 7. The van der Waals surface area contributed by atoms with Gasteiger partial charge in [-0.2, -0.15) is 5.10 Å². The van der Waals surface area contributed by atoms with Crippen LogP contribution in [0, 0.1) is 11.3 Å². The van der Waals surface area contributed by atoms with Crippen LogP contribution < -0.4 is 4.90 Å². The van der Waals surface area contributed by atoms with Crippen LogP contribution in [0.3, 0.4) is 0 Å². The van der Waals surface area contributed by atoms with E-state index in [1.807, 2.05) is 32.9 Å². The molecule has 7 heteroatoms. The highest BCUT2D eigenvalue weighted by Crippen LogP contribution is 2.49. The normalized spacial score (nSPS) is 23.9. The second kappa shape index (κ2) is 10.2. The van der Waals surface area contributed by atoms with E-state index in [1.165, 1.54) is 5.01 Å². The van der Waals surface area contributed by atoms with Crippen LogP contribution in [0.2, 0.25) is 0 Å². The van der Waals surface area contributed by atoms with Crippen LogP contribution in [-0.2, 0) is 19.8 Å². The van der Waals surface area contributed by atoms with Gasteiger partial charge in [-0.15, -0.1) is 0 Å². The summed E-state index contributed by atoms with van der Waals surface area (Å²) < 4.78 is 0. The van der Waals surface area contributed by atoms with Crippen molar-refractivity contribution in [1.82, 2.24) is 5.01 Å². The molecule has 0 unspecified atom stereocenters. The quantitative estimate of drug-likeness (QED) is 0.416. The smallest absolute Gasteiger partial charge is 0.276 e. The number of hydrogen-bond donors (Lipinski definition) is 1. The van der Waals surface area contributed by atoms with E-state index in [1.54, 1.807) is 13.0 Å². The summed E-state index contributed by atoms with van der Waals surface area (Å²) in [5, 5.41) is 16.9. The number of allylic oxidation sites excluding steroid dienone is 4. The van der Waals surface area contributed by atoms with Gasteiger partial charge in [-0.3, -0.25) is 14.4 Å². The summed E-state index contributed by atoms with van der Waals surface area (Å²) in [5.74, 6) is -0.279. The number of aliphatic hydroxyl groups is 1. The molecule has 5 rings (SSSR count). The van der Waals surface area contributed by atoms with E-state index in [-0.39, 0.29) is 45.5 Å². The minimum absolute atomic E-state index is 0.0523. The molecule has 4 aliphatic rings. The van der Waals surface area contributed by atoms with Gasteiger partial charge < -0.3 is 10.0 Å². The number of hydrazone groups is 1. The number of amides is 1. The Labute approximate surface area is 237 Å². The molecule has 2 heterocycles. The largest absolute Gasteiger partial charge is 0.506 e. The molecule has 0 atom stereocenters. The van der Waals surface area contributed by atoms with Gasteiger partial charge in [-0.05, 0) is 49.3 Å². The summed E-state index contributed by atoms with van der Waals surface area (Å²) in [4.78, 5) is 41.6. The number of para-hydroxylation sites is 1. The van der Waals surface area contributed by atoms with Gasteiger partial charge >= 0.3 is 0 Å². The minimum atomic E-state index is -0.410. The van der Waals surface area contributed by atoms with Crippen molar-refractivity contribution in [3.63, 3.8) is 0 Å². The molecule has 212 valence electrons. The molecule has 1 N–H and O–H groups in total. The second-order valence-electron chi connectivity index (χ2n) is 13.3. The predicted molar refractivity (Wildman–Crippen MR) is 157 cm³/mol. The summed E-state index contributed by atoms with van der Waals surface area (Å²) in [5.41, 5.74) is 3.42. The molecule has 2 aliphatic carbocycles. The number of carbonyl (C=O) groups is 3. The first-order chi connectivity index (χ1) is 18.8. The van der Waals surface area contributed by atoms with Crippen molar-refractivity contribution < 1.29 is 19.5 Å². The van der Waals surface area contributed by atoms with Crippen LogP contribution in [0.15, 0.2) is 63.6 Å². The zero-order valence-corrected chi connectivity index (χ0v) is 24.6. The third kappa shape index (κ3) is 4.84. The fraction of sp³-hybridized carbons (Fsp3) is 0.515. The number of fused-ring (bicyclic) bond motifs is 1. The van der Waals surface area contributed by atoms with Crippen molar-refractivity contribution in [3.05, 3.63) is 64.1 Å². The Morgan fingerprint density at radius 1 is 1.12 bits per heavy atom. The van der Waals surface area contributed by atoms with E-state index in [0.717, 1.165) is 49.1 Å². The maximum Gasteiger partial charge on any atom is 0.276 e. The van der Waals surface area contributed by atoms with Crippen LogP contribution in [0.5, 0.6) is 0 Å². The first-order valence-electron chi connectivity index (χ1n) is 14.5. The van der Waals surface area contributed by atoms with Gasteiger partial charge in [0.05, 0.1) is 22.4 Å². The molecule has 1 aromatic rings. The Kier molecular flexibility index (Phi) is 7.13. The lowest BCUT2D eigenvalue weighted by molar-refractivity contribution is -0.127. The molecule has 7 nitrogen and oxygen atoms in total. The fourth-order valence-corrected chi connectivity index (χ4v) is 6.53. The van der Waals surface area contributed by atoms with Gasteiger partial charge in [-0.1, -0.05) is 65.7 Å². The highest BCUT2D eigenvalue weighted by atomic mass is 16.3. The average Bonchev–Trinajstić information content (AvgIpc) is 3.56. The van der Waals surface area contributed by atoms with E-state index < -0.39 is 5.41 Å². The van der Waals surface area contributed by atoms with E-state index in [9.17, 15) is 19.5 Å². The van der Waals surface area contributed by atoms with E-state index in [4.69, 9.17) is 0 Å². The Morgan fingerprint density at radius 3 is 2.45 bits per heavy atom. The molecule has 1 aromatic carbocycles. The Morgan fingerprint density at radius 2 is 1.80 bits per heavy atom. The van der Waals surface area contributed by atoms with E-state index in [0.29, 0.717) is 31.0 Å². The van der Waals surface area contributed by atoms with Crippen LogP contribution in [0.4, 0.5) is 5.69 Å². The SMILES string of the molecule is CC1=NN(CC(C)(C)C)C(=O)C1=C1C(=O)C(C=C2N(CCCC(=O)C3CCCC3)c3ccccc3C2(C)C)=C1O. The first-order valence-corrected chi connectivity index (χ1v) is 14.5. The number of aliphatic hydroxyl groups excluding tert-OH is 1. The van der Waals surface area contributed by atoms with Crippen LogP contribution in [0.1, 0.15) is 85.6 Å². The average molecular weight is 544 g/mol. The highest BCUT2D eigenvalue weighted by Gasteiger charge is 2.45. The number of anilines is 1. The topological polar surface area (TPSA) is 90.3 Å². The number of Topliss-reactive ketones (excluding diaryl/α,β-unsaturated/α-hetero) is 2. The maximum absolute atomic E-state index is 13.5. The Balaban J connectivity index is 1.44. The molecule has 1 saturated carbocycles. The number of benzene rings is 1. The summed E-state index contributed by atoms with van der Waals surface area (Å²) in [6.45, 7) is 13.0. The Hall–Kier alpha value is -3.48. The monoisotopic (exact) mass is 543 g/mol. The van der Waals surface area contributed by atoms with Crippen LogP contribution in [-0.4, -0.2) is 46.4 Å². The zero-order chi connectivity index (χ0) is 29.0. The lowest BCUT2D eigenvalue weighted by atomic mass is 9.79. The lowest BCUT2D eigenvalue weighted by Gasteiger charge is -2.29. The Bertz CT molecular complexity index is 1400. The van der Waals surface area contributed by atoms with Crippen LogP contribution >= 0.6 is 0 Å². The van der Waals surface area contributed by atoms with Crippen LogP contribution in [0.25, 0.3) is 0 Å². The molecule has 2 aliphatic heterocycles. The maximum atomic E-state index is 13.5. The standard InChI is InChI=1S/C33H41N3O4/c1-20-27(31(40)36(34-20)19-32(2,3)4)28-29(38)22(30(28)39)18-26-33(5,6)23-14-9-10-15-24(23)35(26)17-11-16-25(37)21-12-7-8-13-21/h9-10,14-15,18,21,38H,7-8,11-13,16-17,19H2,1-6H3. The van der Waals surface area contributed by atoms with Gasteiger partial charge in [0, 0.05) is 42.2 Å². The highest BCUT2D eigenvalue weighted by molar-refractivity contribution is 6.33. The van der Waals surface area contributed by atoms with Crippen molar-refractivity contribution in [3.8, 4) is 0 Å². The summed E-state index contributed by atoms with van der Waals surface area (Å²) in [6, 6.07) is 8.18. The van der Waals surface area contributed by atoms with Gasteiger partial charge in [0.15, 0.2) is 0 Å². The van der Waals surface area contributed by atoms with Gasteiger partial charge in [-0.25, -0.2) is 5.01 Å². The van der Waals surface area contributed by atoms with E-state index >= 15 is 0 Å². The predicted octanol–water partition coefficient (Wildman–Crippen LogP) is 6.16. The molecule has 0 radical (unpaired) electrons. The molecular weight excluding hydrogens is 502 g/mol. The van der Waals surface area contributed by atoms with Gasteiger partial charge in [0.2, 0.25) is 5.78 Å². The van der Waals surface area contributed by atoms with Crippen molar-refractivity contribution in [2.75, 3.05) is 18.0 Å². The minimum Gasteiger partial charge on any atom is -0.506 e. The number of nitrogens with zero attached hydrogens (tertiary/aromatic N) is 3. The lowest BCUT2D eigenvalue weighted by Crippen LogP contribution is -2.34. The molecule has 0 saturated heterocycles. The molecular formula is C33H41N3O4. The van der Waals surface area contributed by atoms with E-state index in [2.05, 4.69) is 36.0 Å². The summed E-state index contributed by atoms with van der Waals surface area (Å²) in [7, 11) is 0. The molecule has 40 heavy (non-hydrogen) atoms. The molecule has 0 aromatic heterocycles.